The molecular weight excluding hydrogens is 329 g/mol. The molecule has 88 valence electrons. The minimum Gasteiger partial charge on any atom is -0.324 e. The number of benzene rings is 1. The molecule has 0 saturated carbocycles. The first kappa shape index (κ1) is 12.1. The molecule has 4 nitrogen and oxygen atoms in total. The number of hydrogen-bond acceptors (Lipinski definition) is 2. The molecule has 5 heteroatoms. The molecule has 1 N–H and O–H groups in total. The summed E-state index contributed by atoms with van der Waals surface area (Å²) < 4.78 is 2.76. The maximum atomic E-state index is 11.7. The number of nitrogens with one attached hydrogen (secondary N) is 1. The standard InChI is InChI=1S/C12H12IN3O/c1-9-6-14-16(7-9)8-12(17)15-11-4-2-10(13)3-5-11/h2-7H,8H2,1H3,(H,15,17). The zero-order valence-electron chi connectivity index (χ0n) is 9.35. The third-order valence-corrected chi connectivity index (χ3v) is 2.92. The van der Waals surface area contributed by atoms with E-state index in [4.69, 9.17) is 0 Å². The zero-order chi connectivity index (χ0) is 12.3. The molecule has 0 aliphatic rings. The van der Waals surface area contributed by atoms with Crippen molar-refractivity contribution < 1.29 is 4.79 Å². The Morgan fingerprint density at radius 2 is 2.12 bits per heavy atom. The summed E-state index contributed by atoms with van der Waals surface area (Å²) in [4.78, 5) is 11.7. The normalized spacial score (nSPS) is 10.2. The van der Waals surface area contributed by atoms with Crippen LogP contribution in [-0.2, 0) is 11.3 Å². The number of halogens is 1. The van der Waals surface area contributed by atoms with Crippen LogP contribution in [0.5, 0.6) is 0 Å². The van der Waals surface area contributed by atoms with Crippen molar-refractivity contribution in [1.82, 2.24) is 9.78 Å². The van der Waals surface area contributed by atoms with E-state index >= 15 is 0 Å². The van der Waals surface area contributed by atoms with Crippen LogP contribution in [0.3, 0.4) is 0 Å². The molecule has 0 saturated heterocycles. The van der Waals surface area contributed by atoms with E-state index < -0.39 is 0 Å². The second-order valence-corrected chi connectivity index (χ2v) is 5.02. The van der Waals surface area contributed by atoms with Crippen LogP contribution in [0, 0.1) is 10.5 Å². The summed E-state index contributed by atoms with van der Waals surface area (Å²) in [6.45, 7) is 2.18. The molecular formula is C12H12IN3O. The van der Waals surface area contributed by atoms with Gasteiger partial charge in [-0.1, -0.05) is 0 Å². The maximum Gasteiger partial charge on any atom is 0.246 e. The Morgan fingerprint density at radius 1 is 1.41 bits per heavy atom. The van der Waals surface area contributed by atoms with E-state index in [9.17, 15) is 4.79 Å². The van der Waals surface area contributed by atoms with Crippen molar-refractivity contribution in [3.8, 4) is 0 Å². The van der Waals surface area contributed by atoms with Crippen LogP contribution in [0.2, 0.25) is 0 Å². The fourth-order valence-electron chi connectivity index (χ4n) is 1.43. The molecule has 2 aromatic rings. The van der Waals surface area contributed by atoms with Gasteiger partial charge in [-0.25, -0.2) is 0 Å². The lowest BCUT2D eigenvalue weighted by Crippen LogP contribution is -2.18. The van der Waals surface area contributed by atoms with Crippen molar-refractivity contribution in [1.29, 1.82) is 0 Å². The Balaban J connectivity index is 1.95. The summed E-state index contributed by atoms with van der Waals surface area (Å²) in [7, 11) is 0. The summed E-state index contributed by atoms with van der Waals surface area (Å²) in [5.74, 6) is -0.0747. The van der Waals surface area contributed by atoms with E-state index in [1.165, 1.54) is 0 Å². The molecule has 17 heavy (non-hydrogen) atoms. The number of anilines is 1. The highest BCUT2D eigenvalue weighted by molar-refractivity contribution is 14.1. The molecule has 1 heterocycles. The first-order chi connectivity index (χ1) is 8.13. The van der Waals surface area contributed by atoms with Crippen molar-refractivity contribution in [3.63, 3.8) is 0 Å². The van der Waals surface area contributed by atoms with Crippen molar-refractivity contribution in [2.45, 2.75) is 13.5 Å². The molecule has 0 atom stereocenters. The number of amides is 1. The predicted molar refractivity (Wildman–Crippen MR) is 74.8 cm³/mol. The van der Waals surface area contributed by atoms with Crippen molar-refractivity contribution >= 4 is 34.2 Å². The van der Waals surface area contributed by atoms with Gasteiger partial charge in [-0.3, -0.25) is 9.48 Å². The molecule has 1 aromatic heterocycles. The van der Waals surface area contributed by atoms with Gasteiger partial charge in [-0.15, -0.1) is 0 Å². The van der Waals surface area contributed by atoms with Gasteiger partial charge in [-0.05, 0) is 59.3 Å². The molecule has 0 spiro atoms. The predicted octanol–water partition coefficient (Wildman–Crippen LogP) is 2.43. The van der Waals surface area contributed by atoms with Crippen molar-refractivity contribution in [3.05, 3.63) is 45.8 Å². The van der Waals surface area contributed by atoms with Gasteiger partial charge in [0.15, 0.2) is 0 Å². The summed E-state index contributed by atoms with van der Waals surface area (Å²) in [6.07, 6.45) is 3.58. The number of aromatic nitrogens is 2. The fraction of sp³-hybridized carbons (Fsp3) is 0.167. The third kappa shape index (κ3) is 3.55. The molecule has 0 radical (unpaired) electrons. The maximum absolute atomic E-state index is 11.7. The van der Waals surface area contributed by atoms with Crippen LogP contribution in [-0.4, -0.2) is 15.7 Å². The van der Waals surface area contributed by atoms with Gasteiger partial charge >= 0.3 is 0 Å². The van der Waals surface area contributed by atoms with E-state index in [1.807, 2.05) is 37.4 Å². The van der Waals surface area contributed by atoms with E-state index in [2.05, 4.69) is 33.0 Å². The Kier molecular flexibility index (Phi) is 3.78. The quantitative estimate of drug-likeness (QED) is 0.872. The molecule has 0 aliphatic heterocycles. The van der Waals surface area contributed by atoms with Crippen molar-refractivity contribution in [2.75, 3.05) is 5.32 Å². The summed E-state index contributed by atoms with van der Waals surface area (Å²) >= 11 is 2.22. The Morgan fingerprint density at radius 3 is 2.71 bits per heavy atom. The Labute approximate surface area is 113 Å². The number of carbonyl (C=O) groups excluding carboxylic acids is 1. The topological polar surface area (TPSA) is 46.9 Å². The largest absolute Gasteiger partial charge is 0.324 e. The van der Waals surface area contributed by atoms with Gasteiger partial charge in [0, 0.05) is 15.5 Å². The van der Waals surface area contributed by atoms with E-state index in [0.717, 1.165) is 14.8 Å². The number of aryl methyl sites for hydroxylation is 1. The van der Waals surface area contributed by atoms with E-state index in [0.29, 0.717) is 0 Å². The lowest BCUT2D eigenvalue weighted by atomic mass is 10.3. The van der Waals surface area contributed by atoms with Gasteiger partial charge in [0.25, 0.3) is 0 Å². The van der Waals surface area contributed by atoms with Gasteiger partial charge in [0.1, 0.15) is 6.54 Å². The monoisotopic (exact) mass is 341 g/mol. The van der Waals surface area contributed by atoms with Crippen LogP contribution < -0.4 is 5.32 Å². The van der Waals surface area contributed by atoms with Crippen LogP contribution in [0.15, 0.2) is 36.7 Å². The minimum atomic E-state index is -0.0747. The number of nitrogens with zero attached hydrogens (tertiary/aromatic N) is 2. The Bertz CT molecular complexity index is 519. The van der Waals surface area contributed by atoms with Crippen molar-refractivity contribution in [2.24, 2.45) is 0 Å². The van der Waals surface area contributed by atoms with Crippen LogP contribution in [0.4, 0.5) is 5.69 Å². The van der Waals surface area contributed by atoms with Crippen LogP contribution >= 0.6 is 22.6 Å². The minimum absolute atomic E-state index is 0.0747. The second-order valence-electron chi connectivity index (χ2n) is 3.77. The van der Waals surface area contributed by atoms with E-state index in [-0.39, 0.29) is 12.5 Å². The summed E-state index contributed by atoms with van der Waals surface area (Å²) in [5, 5.41) is 6.89. The Hall–Kier alpha value is -1.37. The third-order valence-electron chi connectivity index (χ3n) is 2.20. The molecule has 1 aromatic carbocycles. The zero-order valence-corrected chi connectivity index (χ0v) is 11.5. The highest BCUT2D eigenvalue weighted by Gasteiger charge is 2.04. The van der Waals surface area contributed by atoms with Gasteiger partial charge < -0.3 is 5.32 Å². The molecule has 0 unspecified atom stereocenters. The summed E-state index contributed by atoms with van der Waals surface area (Å²) in [5.41, 5.74) is 1.85. The van der Waals surface area contributed by atoms with E-state index in [1.54, 1.807) is 10.9 Å². The highest BCUT2D eigenvalue weighted by Crippen LogP contribution is 2.11. The summed E-state index contributed by atoms with van der Waals surface area (Å²) in [6, 6.07) is 7.67. The first-order valence-electron chi connectivity index (χ1n) is 5.18. The average Bonchev–Trinajstić information content (AvgIpc) is 2.67. The molecule has 1 amide bonds. The van der Waals surface area contributed by atoms with Crippen LogP contribution in [0.1, 0.15) is 5.56 Å². The molecule has 0 fully saturated rings. The highest BCUT2D eigenvalue weighted by atomic mass is 127. The van der Waals surface area contributed by atoms with Gasteiger partial charge in [0.2, 0.25) is 5.91 Å². The first-order valence-corrected chi connectivity index (χ1v) is 6.26. The smallest absolute Gasteiger partial charge is 0.246 e. The van der Waals surface area contributed by atoms with Gasteiger partial charge in [-0.2, -0.15) is 5.10 Å². The SMILES string of the molecule is Cc1cnn(CC(=O)Nc2ccc(I)cc2)c1. The number of hydrogen-bond donors (Lipinski definition) is 1. The lowest BCUT2D eigenvalue weighted by Gasteiger charge is -2.05. The molecule has 0 bridgehead atoms. The fourth-order valence-corrected chi connectivity index (χ4v) is 1.79. The average molecular weight is 341 g/mol. The number of carbonyl (C=O) groups is 1. The van der Waals surface area contributed by atoms with Crippen LogP contribution in [0.25, 0.3) is 0 Å². The molecule has 2 rings (SSSR count). The molecule has 0 aliphatic carbocycles. The number of rotatable bonds is 3. The second kappa shape index (κ2) is 5.31. The lowest BCUT2D eigenvalue weighted by molar-refractivity contribution is -0.116. The van der Waals surface area contributed by atoms with Gasteiger partial charge in [0.05, 0.1) is 6.20 Å².